The van der Waals surface area contributed by atoms with Gasteiger partial charge in [-0.2, -0.15) is 13.2 Å². The van der Waals surface area contributed by atoms with Crippen molar-refractivity contribution in [1.29, 1.82) is 0 Å². The highest BCUT2D eigenvalue weighted by Gasteiger charge is 2.44. The number of amides is 1. The molecule has 0 spiro atoms. The Labute approximate surface area is 167 Å². The number of nitrogens with one attached hydrogen (secondary N) is 1. The number of rotatable bonds is 1. The predicted octanol–water partition coefficient (Wildman–Crippen LogP) is 5.11. The number of carbonyl (C=O) groups excluding carboxylic acids is 1. The maximum Gasteiger partial charge on any atom is 0.471 e. The second-order valence-electron chi connectivity index (χ2n) is 6.88. The molecule has 2 aliphatic heterocycles. The molecule has 2 aliphatic rings. The monoisotopic (exact) mass is 432 g/mol. The summed E-state index contributed by atoms with van der Waals surface area (Å²) in [5.41, 5.74) is 0.605. The van der Waals surface area contributed by atoms with Crippen molar-refractivity contribution in [2.75, 3.05) is 11.4 Å². The molecule has 0 radical (unpaired) electrons. The molecule has 0 bridgehead atoms. The number of halogens is 6. The van der Waals surface area contributed by atoms with Gasteiger partial charge in [0.1, 0.15) is 5.75 Å². The van der Waals surface area contributed by atoms with Gasteiger partial charge in [-0.15, -0.1) is 0 Å². The lowest BCUT2D eigenvalue weighted by atomic mass is 9.89. The van der Waals surface area contributed by atoms with E-state index in [-0.39, 0.29) is 17.7 Å². The Morgan fingerprint density at radius 2 is 1.86 bits per heavy atom. The molecule has 0 saturated carbocycles. The molecule has 2 aromatic rings. The van der Waals surface area contributed by atoms with Gasteiger partial charge in [-0.25, -0.2) is 8.78 Å². The molecule has 1 amide bonds. The topological polar surface area (TPSA) is 41.6 Å². The van der Waals surface area contributed by atoms with E-state index < -0.39 is 35.8 Å². The molecule has 0 aliphatic carbocycles. The van der Waals surface area contributed by atoms with E-state index in [4.69, 9.17) is 16.3 Å². The van der Waals surface area contributed by atoms with Crippen LogP contribution in [0.15, 0.2) is 30.3 Å². The molecule has 154 valence electrons. The van der Waals surface area contributed by atoms with Crippen molar-refractivity contribution in [1.82, 2.24) is 5.32 Å². The molecular weight excluding hydrogens is 419 g/mol. The minimum Gasteiger partial charge on any atom is -0.455 e. The van der Waals surface area contributed by atoms with E-state index in [9.17, 15) is 26.7 Å². The first-order chi connectivity index (χ1) is 13.6. The smallest absolute Gasteiger partial charge is 0.455 e. The Morgan fingerprint density at radius 3 is 2.59 bits per heavy atom. The van der Waals surface area contributed by atoms with Crippen molar-refractivity contribution >= 4 is 23.2 Å². The van der Waals surface area contributed by atoms with Crippen LogP contribution in [0.1, 0.15) is 24.4 Å². The van der Waals surface area contributed by atoms with Crippen molar-refractivity contribution in [3.63, 3.8) is 0 Å². The van der Waals surface area contributed by atoms with Gasteiger partial charge >= 0.3 is 12.1 Å². The van der Waals surface area contributed by atoms with Gasteiger partial charge in [0.25, 0.3) is 0 Å². The molecule has 10 heteroatoms. The Hall–Kier alpha value is -2.55. The zero-order chi connectivity index (χ0) is 20.9. The minimum atomic E-state index is -5.07. The van der Waals surface area contributed by atoms with Crippen LogP contribution < -0.4 is 15.0 Å². The largest absolute Gasteiger partial charge is 0.471 e. The maximum atomic E-state index is 14.0. The SMILES string of the molecule is O=C(N[C@H]1CCCN2c3cc(Cl)ccc3Oc3cc(F)c(F)cc3[C@@H]12)C(F)(F)F. The molecule has 29 heavy (non-hydrogen) atoms. The van der Waals surface area contributed by atoms with Gasteiger partial charge in [0, 0.05) is 23.2 Å². The number of piperidine rings is 1. The number of anilines is 1. The third kappa shape index (κ3) is 3.59. The number of fused-ring (bicyclic) bond motifs is 5. The van der Waals surface area contributed by atoms with Gasteiger partial charge < -0.3 is 15.0 Å². The third-order valence-corrected chi connectivity index (χ3v) is 5.26. The zero-order valence-electron chi connectivity index (χ0n) is 14.7. The van der Waals surface area contributed by atoms with Crippen LogP contribution in [-0.2, 0) is 4.79 Å². The van der Waals surface area contributed by atoms with Gasteiger partial charge in [0.05, 0.1) is 17.8 Å². The molecule has 4 nitrogen and oxygen atoms in total. The fourth-order valence-electron chi connectivity index (χ4n) is 3.84. The maximum absolute atomic E-state index is 14.0. The van der Waals surface area contributed by atoms with E-state index in [1.165, 1.54) is 0 Å². The standard InChI is InChI=1S/C19H14ClF5N2O2/c20-9-3-4-15-14(6-9)27-5-1-2-13(26-18(28)19(23,24)25)17(27)10-7-11(21)12(22)8-16(10)29-15/h3-4,6-8,13,17H,1-2,5H2,(H,26,28)/t13-,17-/m0/s1. The molecule has 1 fully saturated rings. The highest BCUT2D eigenvalue weighted by molar-refractivity contribution is 6.31. The van der Waals surface area contributed by atoms with Gasteiger partial charge in [-0.3, -0.25) is 4.79 Å². The predicted molar refractivity (Wildman–Crippen MR) is 95.2 cm³/mol. The number of benzene rings is 2. The van der Waals surface area contributed by atoms with Crippen molar-refractivity contribution < 1.29 is 31.5 Å². The quantitative estimate of drug-likeness (QED) is 0.636. The fraction of sp³-hybridized carbons (Fsp3) is 0.316. The first-order valence-corrected chi connectivity index (χ1v) is 9.13. The first kappa shape index (κ1) is 19.8. The number of alkyl halides is 3. The van der Waals surface area contributed by atoms with E-state index in [1.54, 1.807) is 23.1 Å². The second-order valence-corrected chi connectivity index (χ2v) is 7.31. The van der Waals surface area contributed by atoms with E-state index in [2.05, 4.69) is 0 Å². The Morgan fingerprint density at radius 1 is 1.14 bits per heavy atom. The highest BCUT2D eigenvalue weighted by Crippen LogP contribution is 2.48. The molecule has 2 heterocycles. The number of carbonyl (C=O) groups is 1. The number of nitrogens with zero attached hydrogens (tertiary/aromatic N) is 1. The summed E-state index contributed by atoms with van der Waals surface area (Å²) in [5, 5.41) is 2.35. The summed E-state index contributed by atoms with van der Waals surface area (Å²) in [6.07, 6.45) is -4.39. The summed E-state index contributed by atoms with van der Waals surface area (Å²) in [6.45, 7) is 0.401. The Kier molecular flexibility index (Phi) is 4.80. The van der Waals surface area contributed by atoms with Crippen LogP contribution in [0.3, 0.4) is 0 Å². The van der Waals surface area contributed by atoms with Crippen LogP contribution in [0, 0.1) is 11.6 Å². The third-order valence-electron chi connectivity index (χ3n) is 5.03. The van der Waals surface area contributed by atoms with Crippen molar-refractivity contribution in [3.8, 4) is 11.5 Å². The fourth-order valence-corrected chi connectivity index (χ4v) is 4.00. The average Bonchev–Trinajstić information content (AvgIpc) is 2.77. The summed E-state index contributed by atoms with van der Waals surface area (Å²) in [4.78, 5) is 13.3. The Balaban J connectivity index is 1.86. The zero-order valence-corrected chi connectivity index (χ0v) is 15.5. The summed E-state index contributed by atoms with van der Waals surface area (Å²) in [5.74, 6) is -4.15. The lowest BCUT2D eigenvalue weighted by Crippen LogP contribution is -2.52. The average molecular weight is 433 g/mol. The summed E-state index contributed by atoms with van der Waals surface area (Å²) in [7, 11) is 0. The lowest BCUT2D eigenvalue weighted by molar-refractivity contribution is -0.174. The number of hydrogen-bond donors (Lipinski definition) is 1. The number of hydrogen-bond acceptors (Lipinski definition) is 3. The molecule has 2 aromatic carbocycles. The van der Waals surface area contributed by atoms with E-state index in [0.717, 1.165) is 12.1 Å². The number of ether oxygens (including phenoxy) is 1. The van der Waals surface area contributed by atoms with Crippen molar-refractivity contribution in [2.24, 2.45) is 0 Å². The van der Waals surface area contributed by atoms with E-state index in [1.807, 2.05) is 5.32 Å². The van der Waals surface area contributed by atoms with Crippen LogP contribution in [-0.4, -0.2) is 24.7 Å². The van der Waals surface area contributed by atoms with Crippen LogP contribution in [0.5, 0.6) is 11.5 Å². The van der Waals surface area contributed by atoms with Gasteiger partial charge in [0.2, 0.25) is 0 Å². The summed E-state index contributed by atoms with van der Waals surface area (Å²) < 4.78 is 72.2. The van der Waals surface area contributed by atoms with Crippen LogP contribution in [0.25, 0.3) is 0 Å². The van der Waals surface area contributed by atoms with Gasteiger partial charge in [-0.05, 0) is 37.1 Å². The van der Waals surface area contributed by atoms with E-state index >= 15 is 0 Å². The normalized spacial score (nSPS) is 20.7. The van der Waals surface area contributed by atoms with Gasteiger partial charge in [-0.1, -0.05) is 11.6 Å². The molecular formula is C19H14ClF5N2O2. The van der Waals surface area contributed by atoms with Crippen molar-refractivity contribution in [3.05, 3.63) is 52.6 Å². The summed E-state index contributed by atoms with van der Waals surface area (Å²) >= 11 is 6.08. The van der Waals surface area contributed by atoms with E-state index in [0.29, 0.717) is 29.4 Å². The van der Waals surface area contributed by atoms with Gasteiger partial charge in [0.15, 0.2) is 17.4 Å². The molecule has 4 rings (SSSR count). The summed E-state index contributed by atoms with van der Waals surface area (Å²) in [6, 6.07) is 4.50. The first-order valence-electron chi connectivity index (χ1n) is 8.76. The molecule has 1 N–H and O–H groups in total. The van der Waals surface area contributed by atoms with Crippen molar-refractivity contribution in [2.45, 2.75) is 31.1 Å². The minimum absolute atomic E-state index is 0.0341. The molecule has 2 atom stereocenters. The van der Waals surface area contributed by atoms with Crippen LogP contribution >= 0.6 is 11.6 Å². The highest BCUT2D eigenvalue weighted by atomic mass is 35.5. The van der Waals surface area contributed by atoms with Crippen LogP contribution in [0.2, 0.25) is 5.02 Å². The van der Waals surface area contributed by atoms with Crippen LogP contribution in [0.4, 0.5) is 27.6 Å². The molecule has 0 unspecified atom stereocenters. The molecule has 1 saturated heterocycles. The Bertz CT molecular complexity index is 982. The molecule has 0 aromatic heterocycles. The lowest BCUT2D eigenvalue weighted by Gasteiger charge is -2.42. The second kappa shape index (κ2) is 7.05.